The van der Waals surface area contributed by atoms with Gasteiger partial charge in [-0.25, -0.2) is 18.9 Å². The third-order valence-corrected chi connectivity index (χ3v) is 7.03. The summed E-state index contributed by atoms with van der Waals surface area (Å²) >= 11 is 0. The molecule has 4 heterocycles. The van der Waals surface area contributed by atoms with E-state index in [1.54, 1.807) is 4.52 Å². The summed E-state index contributed by atoms with van der Waals surface area (Å²) in [5.74, 6) is -0.316. The number of halogens is 1. The fourth-order valence-corrected chi connectivity index (χ4v) is 5.32. The maximum absolute atomic E-state index is 15.0. The van der Waals surface area contributed by atoms with Crippen molar-refractivity contribution in [3.8, 4) is 11.3 Å². The zero-order chi connectivity index (χ0) is 20.1. The first-order chi connectivity index (χ1) is 13.8. The van der Waals surface area contributed by atoms with E-state index in [0.29, 0.717) is 11.2 Å². The van der Waals surface area contributed by atoms with E-state index < -0.39 is 0 Å². The third-order valence-electron chi connectivity index (χ3n) is 7.03. The summed E-state index contributed by atoms with van der Waals surface area (Å²) in [6.07, 6.45) is 9.17. The molecule has 0 saturated heterocycles. The Balaban J connectivity index is 1.42. The lowest BCUT2D eigenvalue weighted by Gasteiger charge is -2.72. The molecule has 0 amide bonds. The van der Waals surface area contributed by atoms with Crippen molar-refractivity contribution in [2.24, 2.45) is 0 Å². The van der Waals surface area contributed by atoms with Crippen molar-refractivity contribution in [2.75, 3.05) is 14.1 Å². The minimum Gasteiger partial charge on any atom is -0.304 e. The highest BCUT2D eigenvalue weighted by atomic mass is 19.1. The number of pyridine rings is 1. The smallest absolute Gasteiger partial charge is 0.173 e. The summed E-state index contributed by atoms with van der Waals surface area (Å²) < 4.78 is 18.5. The van der Waals surface area contributed by atoms with Crippen LogP contribution in [0.25, 0.3) is 22.6 Å². The topological polar surface area (TPSA) is 50.7 Å². The molecule has 148 valence electrons. The largest absolute Gasteiger partial charge is 0.304 e. The lowest BCUT2D eigenvalue weighted by molar-refractivity contribution is -0.153. The zero-order valence-corrected chi connectivity index (χ0v) is 17.1. The molecule has 0 aliphatic heterocycles. The molecular weight excluding hydrogens is 367 g/mol. The normalized spacial score (nSPS) is 25.6. The average Bonchev–Trinajstić information content (AvgIpc) is 3.15. The van der Waals surface area contributed by atoms with Gasteiger partial charge in [-0.2, -0.15) is 5.10 Å². The summed E-state index contributed by atoms with van der Waals surface area (Å²) in [6.45, 7) is 3.94. The van der Waals surface area contributed by atoms with Crippen LogP contribution in [0, 0.1) is 19.7 Å². The van der Waals surface area contributed by atoms with Gasteiger partial charge < -0.3 is 9.30 Å². The first kappa shape index (κ1) is 17.1. The molecule has 0 atom stereocenters. The molecule has 4 aromatic heterocycles. The molecule has 0 spiro atoms. The number of hydrogen-bond donors (Lipinski definition) is 0. The zero-order valence-electron chi connectivity index (χ0n) is 17.1. The lowest BCUT2D eigenvalue weighted by Crippen LogP contribution is -2.75. The Kier molecular flexibility index (Phi) is 3.07. The van der Waals surface area contributed by atoms with Gasteiger partial charge in [0.2, 0.25) is 0 Å². The molecule has 2 bridgehead atoms. The van der Waals surface area contributed by atoms with Gasteiger partial charge in [-0.1, -0.05) is 0 Å². The van der Waals surface area contributed by atoms with Gasteiger partial charge in [-0.3, -0.25) is 0 Å². The highest BCUT2D eigenvalue weighted by Gasteiger charge is 2.70. The predicted octanol–water partition coefficient (Wildman–Crippen LogP) is 3.54. The fourth-order valence-electron chi connectivity index (χ4n) is 5.32. The number of aryl methyl sites for hydroxylation is 2. The van der Waals surface area contributed by atoms with E-state index in [4.69, 9.17) is 0 Å². The predicted molar refractivity (Wildman–Crippen MR) is 109 cm³/mol. The summed E-state index contributed by atoms with van der Waals surface area (Å²) in [7, 11) is 4.29. The van der Waals surface area contributed by atoms with Crippen LogP contribution >= 0.6 is 0 Å². The molecule has 0 radical (unpaired) electrons. The molecule has 0 N–H and O–H groups in total. The van der Waals surface area contributed by atoms with Crippen LogP contribution in [0.2, 0.25) is 0 Å². The number of imidazole rings is 2. The van der Waals surface area contributed by atoms with Crippen LogP contribution in [0.15, 0.2) is 30.7 Å². The SMILES string of the molecule is Cc1cn2nc(-c3cc(F)c4nc(C56CC(N(C)C)(C5)C6)cn4c3)cc(C)c2n1. The van der Waals surface area contributed by atoms with Gasteiger partial charge in [0.25, 0.3) is 0 Å². The second-order valence-electron chi connectivity index (χ2n) is 9.23. The van der Waals surface area contributed by atoms with E-state index in [-0.39, 0.29) is 11.2 Å². The summed E-state index contributed by atoms with van der Waals surface area (Å²) in [5.41, 5.74) is 6.08. The van der Waals surface area contributed by atoms with Crippen molar-refractivity contribution in [2.45, 2.75) is 44.1 Å². The Morgan fingerprint density at radius 1 is 1.00 bits per heavy atom. The van der Waals surface area contributed by atoms with Crippen molar-refractivity contribution < 1.29 is 4.39 Å². The second-order valence-corrected chi connectivity index (χ2v) is 9.23. The average molecular weight is 390 g/mol. The monoisotopic (exact) mass is 390 g/mol. The highest BCUT2D eigenvalue weighted by Crippen LogP contribution is 2.69. The number of nitrogens with zero attached hydrogens (tertiary/aromatic N) is 6. The second kappa shape index (κ2) is 5.21. The minimum atomic E-state index is -0.316. The van der Waals surface area contributed by atoms with E-state index in [0.717, 1.165) is 53.1 Å². The standard InChI is InChI=1S/C22H23FN6/c1-13-5-17(26-29-7-14(2)24-19(13)29)15-6-16(23)20-25-18(9-28(20)8-15)21-10-22(11-21,12-21)27(3)4/h5-9H,10-12H2,1-4H3. The van der Waals surface area contributed by atoms with Crippen molar-refractivity contribution in [1.82, 2.24) is 28.9 Å². The van der Waals surface area contributed by atoms with E-state index in [1.165, 1.54) is 6.07 Å². The minimum absolute atomic E-state index is 0.130. The summed E-state index contributed by atoms with van der Waals surface area (Å²) in [5, 5.41) is 4.64. The summed E-state index contributed by atoms with van der Waals surface area (Å²) in [6, 6.07) is 3.50. The van der Waals surface area contributed by atoms with E-state index in [9.17, 15) is 4.39 Å². The molecule has 0 aromatic carbocycles. The van der Waals surface area contributed by atoms with Gasteiger partial charge >= 0.3 is 0 Å². The van der Waals surface area contributed by atoms with Gasteiger partial charge in [-0.15, -0.1) is 0 Å². The number of fused-ring (bicyclic) bond motifs is 2. The van der Waals surface area contributed by atoms with E-state index >= 15 is 0 Å². The maximum Gasteiger partial charge on any atom is 0.173 e. The van der Waals surface area contributed by atoms with Gasteiger partial charge in [0.15, 0.2) is 17.1 Å². The van der Waals surface area contributed by atoms with Crippen LogP contribution in [0.1, 0.15) is 36.2 Å². The Morgan fingerprint density at radius 2 is 1.76 bits per heavy atom. The molecule has 3 aliphatic carbocycles. The van der Waals surface area contributed by atoms with E-state index in [1.807, 2.05) is 42.9 Å². The van der Waals surface area contributed by atoms with Crippen LogP contribution in [-0.2, 0) is 5.41 Å². The number of aromatic nitrogens is 5. The number of hydrogen-bond acceptors (Lipinski definition) is 4. The quantitative estimate of drug-likeness (QED) is 0.537. The molecule has 3 saturated carbocycles. The maximum atomic E-state index is 15.0. The molecule has 3 aliphatic rings. The molecule has 6 nitrogen and oxygen atoms in total. The third kappa shape index (κ3) is 2.16. The molecule has 3 fully saturated rings. The Bertz CT molecular complexity index is 1290. The molecule has 0 unspecified atom stereocenters. The fraction of sp³-hybridized carbons (Fsp3) is 0.409. The molecule has 29 heavy (non-hydrogen) atoms. The number of rotatable bonds is 3. The van der Waals surface area contributed by atoms with E-state index in [2.05, 4.69) is 34.1 Å². The van der Waals surface area contributed by atoms with Crippen molar-refractivity contribution >= 4 is 11.3 Å². The van der Waals surface area contributed by atoms with Crippen LogP contribution in [-0.4, -0.2) is 48.5 Å². The van der Waals surface area contributed by atoms with Gasteiger partial charge in [0, 0.05) is 28.9 Å². The Morgan fingerprint density at radius 3 is 2.48 bits per heavy atom. The lowest BCUT2D eigenvalue weighted by atomic mass is 9.38. The first-order valence-corrected chi connectivity index (χ1v) is 9.99. The molecule has 7 rings (SSSR count). The van der Waals surface area contributed by atoms with Gasteiger partial charge in [-0.05, 0) is 64.9 Å². The van der Waals surface area contributed by atoms with Crippen LogP contribution < -0.4 is 0 Å². The van der Waals surface area contributed by atoms with Crippen LogP contribution in [0.5, 0.6) is 0 Å². The molecule has 7 heteroatoms. The van der Waals surface area contributed by atoms with Crippen LogP contribution in [0.4, 0.5) is 4.39 Å². The van der Waals surface area contributed by atoms with Crippen molar-refractivity contribution in [1.29, 1.82) is 0 Å². The van der Waals surface area contributed by atoms with Crippen LogP contribution in [0.3, 0.4) is 0 Å². The Hall–Kier alpha value is -2.80. The first-order valence-electron chi connectivity index (χ1n) is 9.99. The Labute approximate surface area is 168 Å². The van der Waals surface area contributed by atoms with Gasteiger partial charge in [0.1, 0.15) is 0 Å². The molecule has 4 aromatic rings. The molecular formula is C22H23FN6. The summed E-state index contributed by atoms with van der Waals surface area (Å²) in [4.78, 5) is 11.5. The van der Waals surface area contributed by atoms with Crippen molar-refractivity contribution in [3.05, 3.63) is 53.5 Å². The van der Waals surface area contributed by atoms with Gasteiger partial charge in [0.05, 0.1) is 23.3 Å². The highest BCUT2D eigenvalue weighted by molar-refractivity contribution is 5.65. The van der Waals surface area contributed by atoms with Crippen molar-refractivity contribution in [3.63, 3.8) is 0 Å².